The number of amides is 1. The van der Waals surface area contributed by atoms with Crippen molar-refractivity contribution in [3.05, 3.63) is 33.8 Å². The highest BCUT2D eigenvalue weighted by molar-refractivity contribution is 7.72. The molecule has 24 heavy (non-hydrogen) atoms. The molecule has 3 N–H and O–H groups in total. The minimum absolute atomic E-state index is 0.0515. The summed E-state index contributed by atoms with van der Waals surface area (Å²) in [4.78, 5) is 12.3. The number of hydrogen-bond acceptors (Lipinski definition) is 5. The minimum atomic E-state index is -0.0515. The molecule has 0 aliphatic carbocycles. The number of likely N-dealkylation sites (N-methyl/N-ethyl adjacent to an activating group) is 1. The Balaban J connectivity index is 1.69. The van der Waals surface area contributed by atoms with Gasteiger partial charge >= 0.3 is 0 Å². The first-order valence-electron chi connectivity index (χ1n) is 7.80. The van der Waals surface area contributed by atoms with Crippen molar-refractivity contribution < 1.29 is 4.79 Å². The monoisotopic (exact) mass is 364 g/mol. The molecule has 1 amide bonds. The first-order chi connectivity index (χ1) is 11.5. The normalized spacial score (nSPS) is 15.1. The number of rotatable bonds is 5. The Morgan fingerprint density at radius 3 is 2.58 bits per heavy atom. The molecular formula is C15H20N6OS2. The van der Waals surface area contributed by atoms with Gasteiger partial charge in [-0.2, -0.15) is 0 Å². The summed E-state index contributed by atoms with van der Waals surface area (Å²) in [7, 11) is 1.94. The molecule has 1 aromatic heterocycles. The molecule has 0 atom stereocenters. The van der Waals surface area contributed by atoms with Crippen molar-refractivity contribution in [1.82, 2.24) is 24.8 Å². The van der Waals surface area contributed by atoms with E-state index in [1.54, 1.807) is 4.57 Å². The van der Waals surface area contributed by atoms with E-state index in [4.69, 9.17) is 24.4 Å². The minimum Gasteiger partial charge on any atom is -0.325 e. The van der Waals surface area contributed by atoms with Crippen molar-refractivity contribution in [2.24, 2.45) is 0 Å². The smallest absolute Gasteiger partial charge is 0.240 e. The van der Waals surface area contributed by atoms with Gasteiger partial charge in [0.2, 0.25) is 5.91 Å². The predicted molar refractivity (Wildman–Crippen MR) is 98.2 cm³/mol. The second kappa shape index (κ2) is 7.39. The van der Waals surface area contributed by atoms with E-state index in [2.05, 4.69) is 20.5 Å². The van der Waals surface area contributed by atoms with Crippen molar-refractivity contribution in [2.45, 2.75) is 12.8 Å². The number of hydrogen-bond donors (Lipinski definition) is 3. The van der Waals surface area contributed by atoms with Crippen LogP contribution in [0.25, 0.3) is 5.69 Å². The number of hydrazine groups is 1. The third-order valence-corrected chi connectivity index (χ3v) is 4.58. The Morgan fingerprint density at radius 2 is 1.92 bits per heavy atom. The van der Waals surface area contributed by atoms with Crippen LogP contribution in [0.15, 0.2) is 24.3 Å². The number of aromatic amines is 2. The Labute approximate surface area is 150 Å². The molecule has 2 heterocycles. The highest BCUT2D eigenvalue weighted by atomic mass is 32.1. The summed E-state index contributed by atoms with van der Waals surface area (Å²) in [5.41, 5.74) is 1.51. The third-order valence-electron chi connectivity index (χ3n) is 4.01. The molecule has 9 heteroatoms. The fourth-order valence-electron chi connectivity index (χ4n) is 2.82. The number of anilines is 1. The number of carbonyl (C=O) groups is 1. The number of carbonyl (C=O) groups excluding carboxylic acids is 1. The van der Waals surface area contributed by atoms with Crippen LogP contribution in [0.4, 0.5) is 5.69 Å². The molecule has 3 rings (SSSR count). The van der Waals surface area contributed by atoms with Gasteiger partial charge in [0.05, 0.1) is 12.2 Å². The second-order valence-corrected chi connectivity index (χ2v) is 6.54. The van der Waals surface area contributed by atoms with E-state index in [1.165, 1.54) is 12.8 Å². The van der Waals surface area contributed by atoms with Crippen LogP contribution in [-0.2, 0) is 4.79 Å². The number of H-pyrrole nitrogens is 2. The summed E-state index contributed by atoms with van der Waals surface area (Å²) < 4.78 is 2.67. The van der Waals surface area contributed by atoms with Crippen LogP contribution in [0.3, 0.4) is 0 Å². The highest BCUT2D eigenvalue weighted by Crippen LogP contribution is 2.16. The SMILES string of the molecule is CN(CC(=O)Nc1cccc(-n2c(=S)[nH][nH]c2=S)c1)N1CCCC1. The van der Waals surface area contributed by atoms with Gasteiger partial charge in [-0.15, -0.1) is 0 Å². The van der Waals surface area contributed by atoms with Crippen molar-refractivity contribution in [3.8, 4) is 5.69 Å². The van der Waals surface area contributed by atoms with Gasteiger partial charge in [-0.1, -0.05) is 6.07 Å². The maximum atomic E-state index is 12.3. The first kappa shape index (κ1) is 17.0. The van der Waals surface area contributed by atoms with E-state index in [0.29, 0.717) is 21.8 Å². The van der Waals surface area contributed by atoms with E-state index < -0.39 is 0 Å². The largest absolute Gasteiger partial charge is 0.325 e. The van der Waals surface area contributed by atoms with Crippen molar-refractivity contribution in [2.75, 3.05) is 32.0 Å². The average Bonchev–Trinajstić information content (AvgIpc) is 3.18. The first-order valence-corrected chi connectivity index (χ1v) is 8.62. The Kier molecular flexibility index (Phi) is 5.24. The molecular weight excluding hydrogens is 344 g/mol. The van der Waals surface area contributed by atoms with Crippen LogP contribution < -0.4 is 5.32 Å². The summed E-state index contributed by atoms with van der Waals surface area (Å²) in [5, 5.41) is 12.7. The van der Waals surface area contributed by atoms with Gasteiger partial charge in [-0.25, -0.2) is 10.0 Å². The number of nitrogens with zero attached hydrogens (tertiary/aromatic N) is 3. The van der Waals surface area contributed by atoms with Crippen molar-refractivity contribution in [1.29, 1.82) is 0 Å². The second-order valence-electron chi connectivity index (χ2n) is 5.77. The average molecular weight is 365 g/mol. The molecule has 0 saturated carbocycles. The molecule has 128 valence electrons. The zero-order chi connectivity index (χ0) is 17.1. The topological polar surface area (TPSA) is 72.1 Å². The van der Waals surface area contributed by atoms with Gasteiger partial charge in [0.1, 0.15) is 0 Å². The Bertz CT molecular complexity index is 805. The van der Waals surface area contributed by atoms with Crippen LogP contribution in [0.5, 0.6) is 0 Å². The molecule has 0 bridgehead atoms. The molecule has 0 spiro atoms. The van der Waals surface area contributed by atoms with E-state index in [0.717, 1.165) is 18.8 Å². The van der Waals surface area contributed by atoms with Crippen LogP contribution in [-0.4, -0.2) is 57.4 Å². The molecule has 1 aliphatic heterocycles. The fourth-order valence-corrected chi connectivity index (χ4v) is 3.37. The van der Waals surface area contributed by atoms with Crippen LogP contribution >= 0.6 is 24.4 Å². The molecule has 1 saturated heterocycles. The van der Waals surface area contributed by atoms with E-state index >= 15 is 0 Å². The lowest BCUT2D eigenvalue weighted by atomic mass is 10.2. The number of benzene rings is 1. The summed E-state index contributed by atoms with van der Waals surface area (Å²) in [6, 6.07) is 7.44. The quantitative estimate of drug-likeness (QED) is 0.711. The summed E-state index contributed by atoms with van der Waals surface area (Å²) in [6.07, 6.45) is 2.37. The van der Waals surface area contributed by atoms with Gasteiger partial charge in [-0.05, 0) is 55.5 Å². The Morgan fingerprint density at radius 1 is 1.25 bits per heavy atom. The lowest BCUT2D eigenvalue weighted by Crippen LogP contribution is -2.42. The predicted octanol–water partition coefficient (Wildman–Crippen LogP) is 2.47. The third kappa shape index (κ3) is 3.81. The molecule has 1 aliphatic rings. The zero-order valence-electron chi connectivity index (χ0n) is 13.4. The molecule has 0 unspecified atom stereocenters. The lowest BCUT2D eigenvalue weighted by Gasteiger charge is -2.26. The number of nitrogens with one attached hydrogen (secondary N) is 3. The molecule has 1 aromatic carbocycles. The maximum absolute atomic E-state index is 12.3. The van der Waals surface area contributed by atoms with Gasteiger partial charge in [-0.3, -0.25) is 19.6 Å². The summed E-state index contributed by atoms with van der Waals surface area (Å²) in [6.45, 7) is 2.36. The summed E-state index contributed by atoms with van der Waals surface area (Å²) >= 11 is 10.4. The summed E-state index contributed by atoms with van der Waals surface area (Å²) in [5.74, 6) is -0.0515. The van der Waals surface area contributed by atoms with Crippen molar-refractivity contribution in [3.63, 3.8) is 0 Å². The fraction of sp³-hybridized carbons (Fsp3) is 0.400. The van der Waals surface area contributed by atoms with Crippen LogP contribution in [0.1, 0.15) is 12.8 Å². The van der Waals surface area contributed by atoms with Crippen molar-refractivity contribution >= 4 is 36.0 Å². The van der Waals surface area contributed by atoms with E-state index in [-0.39, 0.29) is 5.91 Å². The molecule has 1 fully saturated rings. The van der Waals surface area contributed by atoms with Gasteiger partial charge < -0.3 is 5.32 Å². The number of aromatic nitrogens is 3. The van der Waals surface area contributed by atoms with Gasteiger partial charge in [0.25, 0.3) is 0 Å². The standard InChI is InChI=1S/C15H20N6OS2/c1-19(20-7-2-3-8-20)10-13(22)16-11-5-4-6-12(9-11)21-14(23)17-18-15(21)24/h4-6,9H,2-3,7-8,10H2,1H3,(H,16,22)(H,17,23)(H,18,24). The van der Waals surface area contributed by atoms with Crippen LogP contribution in [0, 0.1) is 9.54 Å². The van der Waals surface area contributed by atoms with Gasteiger partial charge in [0.15, 0.2) is 9.54 Å². The Hall–Kier alpha value is -1.81. The lowest BCUT2D eigenvalue weighted by molar-refractivity contribution is -0.120. The maximum Gasteiger partial charge on any atom is 0.240 e. The molecule has 7 nitrogen and oxygen atoms in total. The van der Waals surface area contributed by atoms with E-state index in [1.807, 2.05) is 36.3 Å². The highest BCUT2D eigenvalue weighted by Gasteiger charge is 2.18. The zero-order valence-corrected chi connectivity index (χ0v) is 15.0. The van der Waals surface area contributed by atoms with Crippen LogP contribution in [0.2, 0.25) is 0 Å². The molecule has 2 aromatic rings. The van der Waals surface area contributed by atoms with Gasteiger partial charge in [0, 0.05) is 25.8 Å². The molecule has 0 radical (unpaired) electrons. The van der Waals surface area contributed by atoms with E-state index in [9.17, 15) is 4.79 Å².